The molecule has 138 valence electrons. The fourth-order valence-corrected chi connectivity index (χ4v) is 4.90. The summed E-state index contributed by atoms with van der Waals surface area (Å²) in [5, 5.41) is 1.47. The second kappa shape index (κ2) is 6.62. The van der Waals surface area contributed by atoms with Crippen LogP contribution in [-0.2, 0) is 9.53 Å². The van der Waals surface area contributed by atoms with Crippen LogP contribution < -0.4 is 0 Å². The highest BCUT2D eigenvalue weighted by atomic mass is 35.5. The molecule has 4 rings (SSSR count). The number of carbonyl (C=O) groups excluding carboxylic acids is 2. The predicted molar refractivity (Wildman–Crippen MR) is 100 cm³/mol. The van der Waals surface area contributed by atoms with Crippen LogP contribution in [0.5, 0.6) is 0 Å². The van der Waals surface area contributed by atoms with E-state index in [1.54, 1.807) is 11.0 Å². The number of nitrogens with one attached hydrogen (secondary N) is 1. The zero-order valence-corrected chi connectivity index (χ0v) is 15.6. The van der Waals surface area contributed by atoms with Crippen molar-refractivity contribution in [2.75, 3.05) is 13.7 Å². The number of aromatic amines is 1. The molecular formula is C20H23ClN2O3. The largest absolute Gasteiger partial charge is 0.467 e. The van der Waals surface area contributed by atoms with Crippen LogP contribution in [0.15, 0.2) is 24.3 Å². The highest BCUT2D eigenvalue weighted by molar-refractivity contribution is 6.35. The maximum atomic E-state index is 13.2. The number of esters is 1. The number of fused-ring (bicyclic) bond motifs is 1. The fraction of sp³-hybridized carbons (Fsp3) is 0.500. The van der Waals surface area contributed by atoms with Gasteiger partial charge in [-0.1, -0.05) is 43.0 Å². The molecule has 6 heteroatoms. The Morgan fingerprint density at radius 3 is 2.73 bits per heavy atom. The quantitative estimate of drug-likeness (QED) is 0.803. The monoisotopic (exact) mass is 374 g/mol. The molecule has 1 aromatic heterocycles. The number of nitrogens with zero attached hydrogens (tertiary/aromatic N) is 1. The van der Waals surface area contributed by atoms with Crippen molar-refractivity contribution in [1.29, 1.82) is 0 Å². The van der Waals surface area contributed by atoms with E-state index in [1.807, 2.05) is 18.2 Å². The van der Waals surface area contributed by atoms with E-state index in [4.69, 9.17) is 16.3 Å². The van der Waals surface area contributed by atoms with Gasteiger partial charge in [0.25, 0.3) is 5.91 Å². The molecular weight excluding hydrogens is 352 g/mol. The predicted octanol–water partition coefficient (Wildman–Crippen LogP) is 4.16. The van der Waals surface area contributed by atoms with E-state index in [9.17, 15) is 9.59 Å². The van der Waals surface area contributed by atoms with Gasteiger partial charge in [0.1, 0.15) is 11.7 Å². The number of amides is 1. The lowest BCUT2D eigenvalue weighted by Gasteiger charge is -2.32. The lowest BCUT2D eigenvalue weighted by molar-refractivity contribution is -0.145. The molecule has 1 spiro atoms. The first-order valence-corrected chi connectivity index (χ1v) is 9.57. The Kier molecular flexibility index (Phi) is 4.43. The molecule has 5 nitrogen and oxygen atoms in total. The molecule has 26 heavy (non-hydrogen) atoms. The van der Waals surface area contributed by atoms with Crippen molar-refractivity contribution < 1.29 is 14.3 Å². The van der Waals surface area contributed by atoms with Gasteiger partial charge >= 0.3 is 5.97 Å². The van der Waals surface area contributed by atoms with Crippen LogP contribution in [0, 0.1) is 5.41 Å². The number of hydrogen-bond acceptors (Lipinski definition) is 3. The van der Waals surface area contributed by atoms with Gasteiger partial charge in [0, 0.05) is 11.9 Å². The van der Waals surface area contributed by atoms with Crippen molar-refractivity contribution in [1.82, 2.24) is 9.88 Å². The van der Waals surface area contributed by atoms with Crippen molar-refractivity contribution in [2.24, 2.45) is 5.41 Å². The molecule has 2 aromatic rings. The van der Waals surface area contributed by atoms with Gasteiger partial charge in [0.15, 0.2) is 0 Å². The molecule has 1 N–H and O–H groups in total. The maximum absolute atomic E-state index is 13.2. The standard InChI is InChI=1S/C20H23ClN2O3/c1-26-19(25)16-11-20(8-3-2-4-9-20)12-23(16)18(24)15-10-13-6-5-7-14(21)17(13)22-15/h5-7,10,16,22H,2-4,8-9,11-12H2,1H3. The van der Waals surface area contributed by atoms with Crippen LogP contribution in [0.4, 0.5) is 0 Å². The maximum Gasteiger partial charge on any atom is 0.328 e. The Labute approximate surface area is 157 Å². The van der Waals surface area contributed by atoms with Crippen molar-refractivity contribution in [2.45, 2.75) is 44.6 Å². The number of carbonyl (C=O) groups is 2. The van der Waals surface area contributed by atoms with E-state index in [1.165, 1.54) is 13.5 Å². The summed E-state index contributed by atoms with van der Waals surface area (Å²) in [7, 11) is 1.39. The summed E-state index contributed by atoms with van der Waals surface area (Å²) in [5.74, 6) is -0.481. The van der Waals surface area contributed by atoms with E-state index in [-0.39, 0.29) is 17.3 Å². The third-order valence-electron chi connectivity index (χ3n) is 5.99. The zero-order chi connectivity index (χ0) is 18.3. The van der Waals surface area contributed by atoms with E-state index in [2.05, 4.69) is 4.98 Å². The number of halogens is 1. The van der Waals surface area contributed by atoms with Crippen LogP contribution >= 0.6 is 11.6 Å². The van der Waals surface area contributed by atoms with Crippen molar-refractivity contribution >= 4 is 34.4 Å². The summed E-state index contributed by atoms with van der Waals surface area (Å²) >= 11 is 6.22. The first-order valence-electron chi connectivity index (χ1n) is 9.19. The number of H-pyrrole nitrogens is 1. The molecule has 1 saturated heterocycles. The van der Waals surface area contributed by atoms with E-state index < -0.39 is 6.04 Å². The third-order valence-corrected chi connectivity index (χ3v) is 6.31. The minimum Gasteiger partial charge on any atom is -0.467 e. The molecule has 0 radical (unpaired) electrons. The van der Waals surface area contributed by atoms with Crippen molar-refractivity contribution in [3.05, 3.63) is 35.0 Å². The molecule has 1 saturated carbocycles. The number of rotatable bonds is 2. The Morgan fingerprint density at radius 1 is 1.27 bits per heavy atom. The minimum atomic E-state index is -0.507. The van der Waals surface area contributed by atoms with Gasteiger partial charge in [-0.25, -0.2) is 4.79 Å². The molecule has 1 atom stereocenters. The molecule has 1 aliphatic heterocycles. The summed E-state index contributed by atoms with van der Waals surface area (Å²) in [4.78, 5) is 30.4. The summed E-state index contributed by atoms with van der Waals surface area (Å²) in [5.41, 5.74) is 1.27. The first-order chi connectivity index (χ1) is 12.5. The smallest absolute Gasteiger partial charge is 0.328 e. The van der Waals surface area contributed by atoms with Gasteiger partial charge in [0.2, 0.25) is 0 Å². The van der Waals surface area contributed by atoms with E-state index >= 15 is 0 Å². The van der Waals surface area contributed by atoms with Gasteiger partial charge < -0.3 is 14.6 Å². The average Bonchev–Trinajstić information content (AvgIpc) is 3.24. The molecule has 1 aromatic carbocycles. The van der Waals surface area contributed by atoms with Crippen molar-refractivity contribution in [3.63, 3.8) is 0 Å². The molecule has 2 aliphatic rings. The van der Waals surface area contributed by atoms with Crippen LogP contribution in [0.3, 0.4) is 0 Å². The van der Waals surface area contributed by atoms with E-state index in [0.29, 0.717) is 23.7 Å². The molecule has 2 heterocycles. The Morgan fingerprint density at radius 2 is 2.04 bits per heavy atom. The van der Waals surface area contributed by atoms with Crippen LogP contribution in [0.25, 0.3) is 10.9 Å². The molecule has 2 fully saturated rings. The Bertz CT molecular complexity index is 854. The van der Waals surface area contributed by atoms with Gasteiger partial charge in [-0.15, -0.1) is 0 Å². The second-order valence-electron chi connectivity index (χ2n) is 7.62. The van der Waals surface area contributed by atoms with Gasteiger partial charge in [-0.2, -0.15) is 0 Å². The number of methoxy groups -OCH3 is 1. The summed E-state index contributed by atoms with van der Waals surface area (Å²) in [6.45, 7) is 0.620. The molecule has 0 bridgehead atoms. The summed E-state index contributed by atoms with van der Waals surface area (Å²) < 4.78 is 5.00. The number of aromatic nitrogens is 1. The summed E-state index contributed by atoms with van der Waals surface area (Å²) in [6, 6.07) is 6.87. The first kappa shape index (κ1) is 17.4. The molecule has 1 amide bonds. The Balaban J connectivity index is 1.67. The van der Waals surface area contributed by atoms with Crippen molar-refractivity contribution in [3.8, 4) is 0 Å². The molecule has 1 aliphatic carbocycles. The number of hydrogen-bond donors (Lipinski definition) is 1. The Hall–Kier alpha value is -2.01. The minimum absolute atomic E-state index is 0.0520. The second-order valence-corrected chi connectivity index (χ2v) is 8.03. The molecule has 1 unspecified atom stereocenters. The number of para-hydroxylation sites is 1. The van der Waals surface area contributed by atoms with E-state index in [0.717, 1.165) is 36.6 Å². The lowest BCUT2D eigenvalue weighted by atomic mass is 9.73. The average molecular weight is 375 g/mol. The highest BCUT2D eigenvalue weighted by Gasteiger charge is 2.49. The van der Waals surface area contributed by atoms with Gasteiger partial charge in [-0.05, 0) is 36.8 Å². The number of benzene rings is 1. The normalized spacial score (nSPS) is 22.1. The number of likely N-dealkylation sites (tertiary alicyclic amines) is 1. The third kappa shape index (κ3) is 2.88. The SMILES string of the molecule is COC(=O)C1CC2(CCCCC2)CN1C(=O)c1cc2cccc(Cl)c2[nH]1. The van der Waals surface area contributed by atoms with Crippen LogP contribution in [-0.4, -0.2) is 41.5 Å². The highest BCUT2D eigenvalue weighted by Crippen LogP contribution is 2.46. The number of ether oxygens (including phenoxy) is 1. The van der Waals surface area contributed by atoms with Crippen LogP contribution in [0.2, 0.25) is 5.02 Å². The van der Waals surface area contributed by atoms with Gasteiger partial charge in [0.05, 0.1) is 17.6 Å². The summed E-state index contributed by atoms with van der Waals surface area (Å²) in [6.07, 6.45) is 6.41. The van der Waals surface area contributed by atoms with Gasteiger partial charge in [-0.3, -0.25) is 4.79 Å². The zero-order valence-electron chi connectivity index (χ0n) is 14.9. The topological polar surface area (TPSA) is 62.4 Å². The van der Waals surface area contributed by atoms with Crippen LogP contribution in [0.1, 0.15) is 49.0 Å². The lowest BCUT2D eigenvalue weighted by Crippen LogP contribution is -2.41. The fourth-order valence-electron chi connectivity index (χ4n) is 4.67.